The number of carboxylic acids is 1. The van der Waals surface area contributed by atoms with Gasteiger partial charge in [-0.1, -0.05) is 0 Å². The molecule has 0 saturated heterocycles. The molecule has 5 nitrogen and oxygen atoms in total. The maximum Gasteiger partial charge on any atom is 1.00 e. The van der Waals surface area contributed by atoms with E-state index in [4.69, 9.17) is 0 Å². The summed E-state index contributed by atoms with van der Waals surface area (Å²) in [5.41, 5.74) is 1.25. The first-order valence-electron chi connectivity index (χ1n) is 5.28. The zero-order valence-electron chi connectivity index (χ0n) is 9.59. The number of hydrogen-bond donors (Lipinski definition) is 0. The van der Waals surface area contributed by atoms with Crippen LogP contribution in [0.2, 0.25) is 0 Å². The molecule has 3 rings (SSSR count). The van der Waals surface area contributed by atoms with Crippen molar-refractivity contribution < 1.29 is 28.8 Å². The summed E-state index contributed by atoms with van der Waals surface area (Å²) in [5, 5.41) is 11.0. The number of aromatic carboxylic acids is 1. The Hall–Kier alpha value is -1.31. The Morgan fingerprint density at radius 2 is 2.29 bits per heavy atom. The van der Waals surface area contributed by atoms with Crippen LogP contribution >= 0.6 is 0 Å². The van der Waals surface area contributed by atoms with Gasteiger partial charge in [-0.15, -0.1) is 0 Å². The number of carboxylic acid groups (broad SMARTS) is 1. The van der Waals surface area contributed by atoms with Crippen LogP contribution in [-0.2, 0) is 6.54 Å². The minimum atomic E-state index is -1.24. The van der Waals surface area contributed by atoms with Crippen LogP contribution in [0, 0.1) is 5.92 Å². The summed E-state index contributed by atoms with van der Waals surface area (Å²) in [6, 6.07) is 3.51. The normalized spacial score (nSPS) is 14.6. The van der Waals surface area contributed by atoms with Crippen LogP contribution in [0.3, 0.4) is 0 Å². The fraction of sp³-hybridized carbons (Fsp3) is 0.364. The fourth-order valence-electron chi connectivity index (χ4n) is 1.85. The molecular formula is C11H10LiN3O2. The van der Waals surface area contributed by atoms with Crippen LogP contribution in [0.5, 0.6) is 0 Å². The van der Waals surface area contributed by atoms with E-state index < -0.39 is 5.97 Å². The number of rotatable bonds is 3. The number of fused-ring (bicyclic) bond motifs is 1. The van der Waals surface area contributed by atoms with Crippen molar-refractivity contribution in [3.05, 3.63) is 24.2 Å². The van der Waals surface area contributed by atoms with Crippen molar-refractivity contribution in [2.45, 2.75) is 19.4 Å². The number of nitrogens with zero attached hydrogens (tertiary/aromatic N) is 3. The van der Waals surface area contributed by atoms with Crippen molar-refractivity contribution in [3.8, 4) is 0 Å². The van der Waals surface area contributed by atoms with Crippen LogP contribution in [0.15, 0.2) is 18.3 Å². The van der Waals surface area contributed by atoms with Gasteiger partial charge in [0.1, 0.15) is 11.5 Å². The molecule has 0 amide bonds. The third-order valence-electron chi connectivity index (χ3n) is 2.82. The van der Waals surface area contributed by atoms with Crippen LogP contribution < -0.4 is 24.0 Å². The average molecular weight is 223 g/mol. The molecular weight excluding hydrogens is 213 g/mol. The van der Waals surface area contributed by atoms with Gasteiger partial charge in [-0.25, -0.2) is 9.97 Å². The third kappa shape index (κ3) is 2.21. The van der Waals surface area contributed by atoms with Crippen LogP contribution in [-0.4, -0.2) is 20.5 Å². The van der Waals surface area contributed by atoms with Crippen LogP contribution in [0.4, 0.5) is 0 Å². The summed E-state index contributed by atoms with van der Waals surface area (Å²) in [6.45, 7) is 0.677. The molecule has 2 heterocycles. The Labute approximate surface area is 110 Å². The first-order chi connectivity index (χ1) is 7.75. The third-order valence-corrected chi connectivity index (χ3v) is 2.82. The second-order valence-corrected chi connectivity index (χ2v) is 4.12. The molecule has 0 aliphatic heterocycles. The molecule has 0 unspecified atom stereocenters. The number of carbonyl (C=O) groups is 1. The van der Waals surface area contributed by atoms with Crippen molar-refractivity contribution in [1.82, 2.24) is 14.5 Å². The second-order valence-electron chi connectivity index (χ2n) is 4.12. The Morgan fingerprint density at radius 3 is 2.94 bits per heavy atom. The molecule has 0 atom stereocenters. The average Bonchev–Trinajstić information content (AvgIpc) is 3.00. The predicted octanol–water partition coefficient (Wildman–Crippen LogP) is -2.79. The summed E-state index contributed by atoms with van der Waals surface area (Å²) in [5.74, 6) is -0.684. The molecule has 0 radical (unpaired) electrons. The SMILES string of the molecule is O=C([O-])c1nc2cccnc2n1CC1CC1.[Li+]. The van der Waals surface area contributed by atoms with Gasteiger partial charge in [-0.2, -0.15) is 0 Å². The second kappa shape index (κ2) is 4.51. The van der Waals surface area contributed by atoms with Gasteiger partial charge in [0.05, 0.1) is 0 Å². The van der Waals surface area contributed by atoms with Crippen molar-refractivity contribution in [2.24, 2.45) is 5.92 Å². The van der Waals surface area contributed by atoms with Gasteiger partial charge < -0.3 is 14.5 Å². The number of carbonyl (C=O) groups excluding carboxylic acids is 1. The van der Waals surface area contributed by atoms with Crippen molar-refractivity contribution in [1.29, 1.82) is 0 Å². The van der Waals surface area contributed by atoms with Gasteiger partial charge in [-0.05, 0) is 30.9 Å². The first-order valence-corrected chi connectivity index (χ1v) is 5.28. The molecule has 1 saturated carbocycles. The molecule has 1 aliphatic rings. The van der Waals surface area contributed by atoms with Gasteiger partial charge in [-0.3, -0.25) is 0 Å². The van der Waals surface area contributed by atoms with E-state index in [1.54, 1.807) is 22.9 Å². The van der Waals surface area contributed by atoms with Crippen LogP contribution in [0.25, 0.3) is 11.2 Å². The summed E-state index contributed by atoms with van der Waals surface area (Å²) < 4.78 is 1.66. The Balaban J connectivity index is 0.00000108. The summed E-state index contributed by atoms with van der Waals surface area (Å²) in [6.07, 6.45) is 3.95. The number of hydrogen-bond acceptors (Lipinski definition) is 4. The zero-order valence-corrected chi connectivity index (χ0v) is 9.59. The van der Waals surface area contributed by atoms with Crippen molar-refractivity contribution in [2.75, 3.05) is 0 Å². The number of imidazole rings is 1. The van der Waals surface area contributed by atoms with Crippen molar-refractivity contribution >= 4 is 17.1 Å². The van der Waals surface area contributed by atoms with E-state index in [1.165, 1.54) is 0 Å². The van der Waals surface area contributed by atoms with Gasteiger partial charge in [0.15, 0.2) is 11.5 Å². The van der Waals surface area contributed by atoms with E-state index in [1.807, 2.05) is 0 Å². The Bertz CT molecular complexity index is 563. The molecule has 1 aliphatic carbocycles. The molecule has 82 valence electrons. The molecule has 0 aromatic carbocycles. The van der Waals surface area contributed by atoms with Crippen molar-refractivity contribution in [3.63, 3.8) is 0 Å². The summed E-state index contributed by atoms with van der Waals surface area (Å²) in [4.78, 5) is 19.2. The number of aromatic nitrogens is 3. The van der Waals surface area contributed by atoms with E-state index in [0.717, 1.165) is 12.8 Å². The molecule has 2 aromatic heterocycles. The Morgan fingerprint density at radius 1 is 1.53 bits per heavy atom. The zero-order chi connectivity index (χ0) is 11.1. The fourth-order valence-corrected chi connectivity index (χ4v) is 1.85. The van der Waals surface area contributed by atoms with Gasteiger partial charge in [0, 0.05) is 12.7 Å². The number of pyridine rings is 1. The molecule has 0 N–H and O–H groups in total. The Kier molecular flexibility index (Phi) is 3.23. The molecule has 0 bridgehead atoms. The monoisotopic (exact) mass is 223 g/mol. The summed E-state index contributed by atoms with van der Waals surface area (Å²) >= 11 is 0. The largest absolute Gasteiger partial charge is 1.00 e. The molecule has 6 heteroatoms. The molecule has 1 fully saturated rings. The van der Waals surface area contributed by atoms with E-state index in [2.05, 4.69) is 9.97 Å². The first kappa shape index (κ1) is 12.2. The smallest absolute Gasteiger partial charge is 0.542 e. The van der Waals surface area contributed by atoms with E-state index in [0.29, 0.717) is 23.6 Å². The minimum Gasteiger partial charge on any atom is -0.542 e. The van der Waals surface area contributed by atoms with Gasteiger partial charge in [0.25, 0.3) is 0 Å². The van der Waals surface area contributed by atoms with Gasteiger partial charge >= 0.3 is 18.9 Å². The maximum atomic E-state index is 11.0. The predicted molar refractivity (Wildman–Crippen MR) is 54.6 cm³/mol. The topological polar surface area (TPSA) is 70.8 Å². The molecule has 17 heavy (non-hydrogen) atoms. The minimum absolute atomic E-state index is 0. The molecule has 2 aromatic rings. The standard InChI is InChI=1S/C11H11N3O2.Li/c15-11(16)10-13-8-2-1-5-12-9(8)14(10)6-7-3-4-7;/h1-2,5,7H,3-4,6H2,(H,15,16);/q;+1/p-1. The molecule has 0 spiro atoms. The van der Waals surface area contributed by atoms with E-state index in [-0.39, 0.29) is 24.7 Å². The quantitative estimate of drug-likeness (QED) is 0.527. The van der Waals surface area contributed by atoms with E-state index in [9.17, 15) is 9.90 Å². The maximum absolute atomic E-state index is 11.0. The van der Waals surface area contributed by atoms with Gasteiger partial charge in [0.2, 0.25) is 0 Å². The summed E-state index contributed by atoms with van der Waals surface area (Å²) in [7, 11) is 0. The van der Waals surface area contributed by atoms with Crippen LogP contribution in [0.1, 0.15) is 23.5 Å². The van der Waals surface area contributed by atoms with E-state index >= 15 is 0 Å².